The van der Waals surface area contributed by atoms with Gasteiger partial charge in [-0.3, -0.25) is 9.59 Å². The first-order valence-corrected chi connectivity index (χ1v) is 9.80. The van der Waals surface area contributed by atoms with Crippen molar-refractivity contribution in [3.8, 4) is 0 Å². The van der Waals surface area contributed by atoms with E-state index in [-0.39, 0.29) is 18.4 Å². The van der Waals surface area contributed by atoms with Gasteiger partial charge in [0.05, 0.1) is 6.54 Å². The molecule has 1 aromatic carbocycles. The van der Waals surface area contributed by atoms with Crippen molar-refractivity contribution in [1.82, 2.24) is 10.3 Å². The summed E-state index contributed by atoms with van der Waals surface area (Å²) in [7, 11) is 0. The van der Waals surface area contributed by atoms with E-state index in [0.29, 0.717) is 23.9 Å². The lowest BCUT2D eigenvalue weighted by molar-refractivity contribution is -0.124. The first-order valence-electron chi connectivity index (χ1n) is 8.60. The Bertz CT molecular complexity index is 774. The van der Waals surface area contributed by atoms with Gasteiger partial charge in [0.25, 0.3) is 0 Å². The maximum absolute atomic E-state index is 11.9. The number of carbonyl (C=O) groups is 2. The quantitative estimate of drug-likeness (QED) is 0.706. The molecule has 5 nitrogen and oxygen atoms in total. The molecule has 0 aliphatic carbocycles. The highest BCUT2D eigenvalue weighted by Gasteiger charge is 2.11. The lowest BCUT2D eigenvalue weighted by Gasteiger charge is -2.06. The molecular formula is C19H24ClN3O2S. The van der Waals surface area contributed by atoms with Crippen LogP contribution in [0, 0.1) is 12.8 Å². The zero-order valence-corrected chi connectivity index (χ0v) is 16.8. The molecule has 0 unspecified atom stereocenters. The van der Waals surface area contributed by atoms with Crippen LogP contribution in [0.5, 0.6) is 0 Å². The Balaban J connectivity index is 1.83. The van der Waals surface area contributed by atoms with E-state index in [1.54, 1.807) is 6.20 Å². The van der Waals surface area contributed by atoms with Gasteiger partial charge in [0, 0.05) is 28.9 Å². The summed E-state index contributed by atoms with van der Waals surface area (Å²) in [6, 6.07) is 5.93. The summed E-state index contributed by atoms with van der Waals surface area (Å²) >= 11 is 7.73. The summed E-state index contributed by atoms with van der Waals surface area (Å²) in [6.45, 7) is 6.04. The molecule has 0 aliphatic heterocycles. The number of anilines is 1. The number of thiazole rings is 1. The first kappa shape index (κ1) is 20.4. The number of halogens is 1. The fraction of sp³-hybridized carbons (Fsp3) is 0.421. The van der Waals surface area contributed by atoms with Gasteiger partial charge < -0.3 is 10.6 Å². The minimum Gasteiger partial charge on any atom is -0.347 e. The van der Waals surface area contributed by atoms with Crippen LogP contribution in [-0.4, -0.2) is 23.3 Å². The third kappa shape index (κ3) is 6.42. The smallest absolute Gasteiger partial charge is 0.245 e. The Morgan fingerprint density at radius 2 is 2.04 bits per heavy atom. The predicted octanol–water partition coefficient (Wildman–Crippen LogP) is 4.19. The van der Waals surface area contributed by atoms with E-state index in [0.717, 1.165) is 27.4 Å². The average molecular weight is 394 g/mol. The Kier molecular flexibility index (Phi) is 7.60. The molecule has 0 spiro atoms. The molecule has 7 heteroatoms. The SMILES string of the molecule is Cc1cccc(Cc2cnc(NC(=O)CNC(=O)CCC(C)C)s2)c1Cl. The molecule has 0 radical (unpaired) electrons. The molecule has 0 bridgehead atoms. The predicted molar refractivity (Wildman–Crippen MR) is 107 cm³/mol. The molecule has 0 fully saturated rings. The van der Waals surface area contributed by atoms with Gasteiger partial charge >= 0.3 is 0 Å². The van der Waals surface area contributed by atoms with Gasteiger partial charge in [-0.15, -0.1) is 11.3 Å². The summed E-state index contributed by atoms with van der Waals surface area (Å²) in [5.74, 6) is 0.0744. The van der Waals surface area contributed by atoms with Crippen LogP contribution < -0.4 is 10.6 Å². The van der Waals surface area contributed by atoms with Crippen LogP contribution in [0.1, 0.15) is 42.7 Å². The van der Waals surface area contributed by atoms with Crippen molar-refractivity contribution in [3.63, 3.8) is 0 Å². The number of aryl methyl sites for hydroxylation is 1. The molecule has 2 amide bonds. The molecule has 1 aromatic heterocycles. The molecule has 0 saturated heterocycles. The number of benzene rings is 1. The normalized spacial score (nSPS) is 10.8. The lowest BCUT2D eigenvalue weighted by atomic mass is 10.1. The van der Waals surface area contributed by atoms with Crippen molar-refractivity contribution in [2.75, 3.05) is 11.9 Å². The molecule has 2 rings (SSSR count). The largest absolute Gasteiger partial charge is 0.347 e. The summed E-state index contributed by atoms with van der Waals surface area (Å²) in [4.78, 5) is 28.8. The molecular weight excluding hydrogens is 370 g/mol. The minimum absolute atomic E-state index is 0.0461. The second-order valence-corrected chi connectivity index (χ2v) is 8.11. The van der Waals surface area contributed by atoms with E-state index in [1.807, 2.05) is 25.1 Å². The van der Waals surface area contributed by atoms with Crippen LogP contribution in [0.4, 0.5) is 5.13 Å². The van der Waals surface area contributed by atoms with Gasteiger partial charge in [-0.1, -0.05) is 43.6 Å². The average Bonchev–Trinajstić information content (AvgIpc) is 3.02. The topological polar surface area (TPSA) is 71.1 Å². The zero-order chi connectivity index (χ0) is 19.1. The molecule has 2 aromatic rings. The van der Waals surface area contributed by atoms with E-state index >= 15 is 0 Å². The van der Waals surface area contributed by atoms with Gasteiger partial charge in [-0.2, -0.15) is 0 Å². The number of carbonyl (C=O) groups excluding carboxylic acids is 2. The van der Waals surface area contributed by atoms with Crippen molar-refractivity contribution in [2.24, 2.45) is 5.92 Å². The second-order valence-electron chi connectivity index (χ2n) is 6.61. The highest BCUT2D eigenvalue weighted by atomic mass is 35.5. The molecule has 0 saturated carbocycles. The van der Waals surface area contributed by atoms with E-state index in [9.17, 15) is 9.59 Å². The molecule has 2 N–H and O–H groups in total. The monoisotopic (exact) mass is 393 g/mol. The Hall–Kier alpha value is -1.92. The Morgan fingerprint density at radius 3 is 2.77 bits per heavy atom. The second kappa shape index (κ2) is 9.69. The van der Waals surface area contributed by atoms with Gasteiger partial charge in [-0.05, 0) is 30.4 Å². The minimum atomic E-state index is -0.280. The van der Waals surface area contributed by atoms with Gasteiger partial charge in [0.15, 0.2) is 5.13 Å². The number of nitrogens with one attached hydrogen (secondary N) is 2. The molecule has 1 heterocycles. The Morgan fingerprint density at radius 1 is 1.27 bits per heavy atom. The van der Waals surface area contributed by atoms with Gasteiger partial charge in [0.2, 0.25) is 11.8 Å². The maximum Gasteiger partial charge on any atom is 0.245 e. The highest BCUT2D eigenvalue weighted by Crippen LogP contribution is 2.26. The van der Waals surface area contributed by atoms with Crippen molar-refractivity contribution in [1.29, 1.82) is 0 Å². The van der Waals surface area contributed by atoms with E-state index < -0.39 is 0 Å². The summed E-state index contributed by atoms with van der Waals surface area (Å²) < 4.78 is 0. The van der Waals surface area contributed by atoms with Crippen molar-refractivity contribution in [3.05, 3.63) is 45.4 Å². The van der Waals surface area contributed by atoms with Crippen molar-refractivity contribution in [2.45, 2.75) is 40.0 Å². The number of hydrogen-bond acceptors (Lipinski definition) is 4. The van der Waals surface area contributed by atoms with Crippen LogP contribution in [0.15, 0.2) is 24.4 Å². The molecule has 0 aliphatic rings. The van der Waals surface area contributed by atoms with Crippen LogP contribution >= 0.6 is 22.9 Å². The molecule has 26 heavy (non-hydrogen) atoms. The third-order valence-corrected chi connectivity index (χ3v) is 5.28. The van der Waals surface area contributed by atoms with E-state index in [1.165, 1.54) is 11.3 Å². The summed E-state index contributed by atoms with van der Waals surface area (Å²) in [6.07, 6.45) is 3.65. The van der Waals surface area contributed by atoms with Gasteiger partial charge in [-0.25, -0.2) is 4.98 Å². The number of nitrogens with zero attached hydrogens (tertiary/aromatic N) is 1. The summed E-state index contributed by atoms with van der Waals surface area (Å²) in [5, 5.41) is 6.62. The van der Waals surface area contributed by atoms with Crippen molar-refractivity contribution < 1.29 is 9.59 Å². The van der Waals surface area contributed by atoms with Gasteiger partial charge in [0.1, 0.15) is 0 Å². The van der Waals surface area contributed by atoms with Crippen LogP contribution in [-0.2, 0) is 16.0 Å². The Labute approximate surface area is 163 Å². The molecule has 0 atom stereocenters. The fourth-order valence-electron chi connectivity index (χ4n) is 2.33. The first-order chi connectivity index (χ1) is 12.3. The van der Waals surface area contributed by atoms with E-state index in [4.69, 9.17) is 11.6 Å². The number of rotatable bonds is 8. The van der Waals surface area contributed by atoms with Crippen LogP contribution in [0.25, 0.3) is 0 Å². The fourth-order valence-corrected chi connectivity index (χ4v) is 3.37. The summed E-state index contributed by atoms with van der Waals surface area (Å²) in [5.41, 5.74) is 2.07. The zero-order valence-electron chi connectivity index (χ0n) is 15.3. The van der Waals surface area contributed by atoms with Crippen LogP contribution in [0.3, 0.4) is 0 Å². The number of amides is 2. The maximum atomic E-state index is 11.9. The van der Waals surface area contributed by atoms with Crippen LogP contribution in [0.2, 0.25) is 5.02 Å². The van der Waals surface area contributed by atoms with E-state index in [2.05, 4.69) is 29.5 Å². The lowest BCUT2D eigenvalue weighted by Crippen LogP contribution is -2.32. The number of aromatic nitrogens is 1. The number of hydrogen-bond donors (Lipinski definition) is 2. The highest BCUT2D eigenvalue weighted by molar-refractivity contribution is 7.15. The third-order valence-electron chi connectivity index (χ3n) is 3.83. The van der Waals surface area contributed by atoms with Crippen molar-refractivity contribution >= 4 is 39.9 Å². The standard InChI is InChI=1S/C19H24ClN3O2S/c1-12(2)7-8-16(24)21-11-17(25)23-19-22-10-15(26-19)9-14-6-4-5-13(3)18(14)20/h4-6,10,12H,7-9,11H2,1-3H3,(H,21,24)(H,22,23,25). The molecule has 140 valence electrons.